The van der Waals surface area contributed by atoms with E-state index < -0.39 is 0 Å². The second kappa shape index (κ2) is 9.08. The number of thiophene rings is 1. The molecule has 0 N–H and O–H groups in total. The molecule has 3 fully saturated rings. The van der Waals surface area contributed by atoms with Crippen LogP contribution >= 0.6 is 11.3 Å². The normalized spacial score (nSPS) is 25.8. The second-order valence-electron chi connectivity index (χ2n) is 9.65. The van der Waals surface area contributed by atoms with Crippen LogP contribution in [0, 0.1) is 5.92 Å². The molecule has 3 atom stereocenters. The number of rotatable bonds is 7. The van der Waals surface area contributed by atoms with E-state index in [1.165, 1.54) is 68.1 Å². The summed E-state index contributed by atoms with van der Waals surface area (Å²) in [6.07, 6.45) is 9.45. The van der Waals surface area contributed by atoms with E-state index in [0.29, 0.717) is 18.0 Å². The van der Waals surface area contributed by atoms with Crippen molar-refractivity contribution in [1.29, 1.82) is 0 Å². The van der Waals surface area contributed by atoms with Crippen molar-refractivity contribution in [2.75, 3.05) is 37.7 Å². The Morgan fingerprint density at radius 1 is 1.00 bits per heavy atom. The fourth-order valence-corrected chi connectivity index (χ4v) is 7.02. The van der Waals surface area contributed by atoms with Crippen LogP contribution < -0.4 is 4.90 Å². The average Bonchev–Trinajstić information content (AvgIpc) is 3.56. The Balaban J connectivity index is 1.18. The van der Waals surface area contributed by atoms with Crippen molar-refractivity contribution < 1.29 is 4.74 Å². The molecule has 6 rings (SSSR count). The zero-order valence-corrected chi connectivity index (χ0v) is 19.5. The first-order valence-corrected chi connectivity index (χ1v) is 13.1. The summed E-state index contributed by atoms with van der Waals surface area (Å²) in [4.78, 5) is 15.7. The Morgan fingerprint density at radius 3 is 2.56 bits per heavy atom. The number of nitrogens with zero attached hydrogens (tertiary/aromatic N) is 4. The average molecular weight is 449 g/mol. The molecule has 0 amide bonds. The maximum Gasteiger partial charge on any atom is 0.141 e. The number of piperidine rings is 1. The molecule has 1 unspecified atom stereocenters. The van der Waals surface area contributed by atoms with Gasteiger partial charge in [0.15, 0.2) is 0 Å². The summed E-state index contributed by atoms with van der Waals surface area (Å²) < 4.78 is 6.15. The minimum atomic E-state index is 0.572. The Labute approximate surface area is 194 Å². The molecule has 3 aliphatic rings. The third-order valence-corrected chi connectivity index (χ3v) is 8.50. The maximum absolute atomic E-state index is 6.15. The number of fused-ring (bicyclic) bond motifs is 3. The van der Waals surface area contributed by atoms with Crippen LogP contribution in [0.1, 0.15) is 38.5 Å². The monoisotopic (exact) mass is 448 g/mol. The highest BCUT2D eigenvalue weighted by Gasteiger charge is 2.42. The van der Waals surface area contributed by atoms with Gasteiger partial charge >= 0.3 is 0 Å². The van der Waals surface area contributed by atoms with Gasteiger partial charge in [-0.3, -0.25) is 0 Å². The molecule has 0 saturated carbocycles. The van der Waals surface area contributed by atoms with Crippen molar-refractivity contribution in [2.24, 2.45) is 5.92 Å². The molecule has 2 aromatic heterocycles. The Hall–Kier alpha value is -2.02. The van der Waals surface area contributed by atoms with Gasteiger partial charge in [-0.1, -0.05) is 30.3 Å². The number of hydrogen-bond donors (Lipinski definition) is 0. The van der Waals surface area contributed by atoms with Crippen LogP contribution in [-0.4, -0.2) is 59.8 Å². The molecule has 3 aromatic rings. The van der Waals surface area contributed by atoms with E-state index in [9.17, 15) is 0 Å². The fourth-order valence-electron chi connectivity index (χ4n) is 6.11. The summed E-state index contributed by atoms with van der Waals surface area (Å²) in [6, 6.07) is 11.8. The van der Waals surface area contributed by atoms with E-state index in [2.05, 4.69) is 50.5 Å². The van der Waals surface area contributed by atoms with Crippen molar-refractivity contribution in [1.82, 2.24) is 14.9 Å². The van der Waals surface area contributed by atoms with Crippen molar-refractivity contribution in [3.8, 4) is 11.1 Å². The van der Waals surface area contributed by atoms with Crippen LogP contribution in [0.25, 0.3) is 21.3 Å². The molecular formula is C26H32N4OS. The molecule has 5 heterocycles. The number of ether oxygens (including phenoxy) is 1. The van der Waals surface area contributed by atoms with Gasteiger partial charge in [-0.15, -0.1) is 11.3 Å². The molecule has 6 heteroatoms. The van der Waals surface area contributed by atoms with Crippen LogP contribution in [0.5, 0.6) is 0 Å². The Morgan fingerprint density at radius 2 is 1.78 bits per heavy atom. The number of hydrogen-bond acceptors (Lipinski definition) is 6. The first kappa shape index (κ1) is 20.6. The second-order valence-corrected chi connectivity index (χ2v) is 10.5. The number of benzene rings is 1. The first-order valence-electron chi connectivity index (χ1n) is 12.2. The molecule has 0 aliphatic carbocycles. The molecule has 3 aliphatic heterocycles. The number of aromatic nitrogens is 2. The third-order valence-electron chi connectivity index (χ3n) is 7.61. The van der Waals surface area contributed by atoms with E-state index in [0.717, 1.165) is 30.4 Å². The predicted octanol–water partition coefficient (Wildman–Crippen LogP) is 5.22. The minimum Gasteiger partial charge on any atom is -0.380 e. The van der Waals surface area contributed by atoms with Crippen LogP contribution in [0.2, 0.25) is 0 Å². The van der Waals surface area contributed by atoms with Gasteiger partial charge < -0.3 is 14.5 Å². The summed E-state index contributed by atoms with van der Waals surface area (Å²) >= 11 is 1.73. The minimum absolute atomic E-state index is 0.572. The van der Waals surface area contributed by atoms with Crippen molar-refractivity contribution in [2.45, 2.75) is 50.6 Å². The van der Waals surface area contributed by atoms with Crippen molar-refractivity contribution in [3.63, 3.8) is 0 Å². The van der Waals surface area contributed by atoms with Gasteiger partial charge in [0, 0.05) is 36.2 Å². The summed E-state index contributed by atoms with van der Waals surface area (Å²) in [5, 5.41) is 3.49. The lowest BCUT2D eigenvalue weighted by Crippen LogP contribution is -2.44. The molecule has 32 heavy (non-hydrogen) atoms. The smallest absolute Gasteiger partial charge is 0.141 e. The molecule has 2 bridgehead atoms. The highest BCUT2D eigenvalue weighted by Crippen LogP contribution is 2.45. The lowest BCUT2D eigenvalue weighted by Gasteiger charge is -2.40. The molecule has 168 valence electrons. The lowest BCUT2D eigenvalue weighted by molar-refractivity contribution is 0.0700. The fraction of sp³-hybridized carbons (Fsp3) is 0.538. The third kappa shape index (κ3) is 3.93. The topological polar surface area (TPSA) is 41.5 Å². The first-order chi connectivity index (χ1) is 15.9. The zero-order chi connectivity index (χ0) is 21.3. The predicted molar refractivity (Wildman–Crippen MR) is 131 cm³/mol. The maximum atomic E-state index is 6.15. The van der Waals surface area contributed by atoms with E-state index in [1.54, 1.807) is 17.7 Å². The van der Waals surface area contributed by atoms with Crippen molar-refractivity contribution in [3.05, 3.63) is 42.0 Å². The van der Waals surface area contributed by atoms with E-state index in [4.69, 9.17) is 9.72 Å². The Kier molecular flexibility index (Phi) is 5.84. The number of anilines is 1. The van der Waals surface area contributed by atoms with Gasteiger partial charge in [0.2, 0.25) is 0 Å². The van der Waals surface area contributed by atoms with Gasteiger partial charge in [-0.25, -0.2) is 9.97 Å². The van der Waals surface area contributed by atoms with Gasteiger partial charge in [0.1, 0.15) is 17.0 Å². The van der Waals surface area contributed by atoms with Crippen molar-refractivity contribution >= 4 is 27.4 Å². The van der Waals surface area contributed by atoms with Gasteiger partial charge in [0.05, 0.1) is 12.0 Å². The molecular weight excluding hydrogens is 416 g/mol. The van der Waals surface area contributed by atoms with E-state index in [-0.39, 0.29) is 0 Å². The molecule has 1 aromatic carbocycles. The molecule has 0 spiro atoms. The largest absolute Gasteiger partial charge is 0.380 e. The van der Waals surface area contributed by atoms with E-state index in [1.807, 2.05) is 0 Å². The summed E-state index contributed by atoms with van der Waals surface area (Å²) in [7, 11) is 0. The molecule has 3 saturated heterocycles. The Bertz CT molecular complexity index is 1030. The summed E-state index contributed by atoms with van der Waals surface area (Å²) in [6.45, 7) is 5.42. The lowest BCUT2D eigenvalue weighted by atomic mass is 9.91. The van der Waals surface area contributed by atoms with Crippen LogP contribution in [0.15, 0.2) is 42.0 Å². The van der Waals surface area contributed by atoms with Crippen LogP contribution in [0.3, 0.4) is 0 Å². The SMILES string of the molecule is c1ccc(-c2csc3ncnc(N4[C@@H]5CC[C@H]4CC(COCCN4CCCC4)C5)c23)cc1. The van der Waals surface area contributed by atoms with Crippen LogP contribution in [0.4, 0.5) is 5.82 Å². The molecule has 0 radical (unpaired) electrons. The van der Waals surface area contributed by atoms with Gasteiger partial charge in [-0.05, 0) is 63.1 Å². The van der Waals surface area contributed by atoms with Gasteiger partial charge in [-0.2, -0.15) is 0 Å². The highest BCUT2D eigenvalue weighted by atomic mass is 32.1. The summed E-state index contributed by atoms with van der Waals surface area (Å²) in [5.74, 6) is 1.83. The van der Waals surface area contributed by atoms with Gasteiger partial charge in [0.25, 0.3) is 0 Å². The highest BCUT2D eigenvalue weighted by molar-refractivity contribution is 7.17. The molecule has 5 nitrogen and oxygen atoms in total. The van der Waals surface area contributed by atoms with E-state index >= 15 is 0 Å². The summed E-state index contributed by atoms with van der Waals surface area (Å²) in [5.41, 5.74) is 2.52. The standard InChI is InChI=1S/C26H32N4OS/c1-2-6-20(7-3-1)23-17-32-26-24(23)25(27-18-28-26)30-21-8-9-22(30)15-19(14-21)16-31-13-12-29-10-4-5-11-29/h1-3,6-7,17-19,21-22H,4-5,8-16H2/t19?,21-,22+. The number of likely N-dealkylation sites (tertiary alicyclic amines) is 1. The van der Waals surface area contributed by atoms with Crippen LogP contribution in [-0.2, 0) is 4.74 Å². The quantitative estimate of drug-likeness (QED) is 0.464. The zero-order valence-electron chi connectivity index (χ0n) is 18.7.